The van der Waals surface area contributed by atoms with Gasteiger partial charge in [-0.05, 0) is 54.2 Å². The van der Waals surface area contributed by atoms with E-state index in [-0.39, 0.29) is 89.4 Å². The van der Waals surface area contributed by atoms with Crippen LogP contribution in [-0.4, -0.2) is 63.6 Å². The number of carbonyl (C=O) groups is 2. The molecule has 13 nitrogen and oxygen atoms in total. The number of hydrogen-bond donors (Lipinski definition) is 3. The van der Waals surface area contributed by atoms with Gasteiger partial charge in [-0.3, -0.25) is 4.79 Å². The van der Waals surface area contributed by atoms with Crippen LogP contribution in [0.5, 0.6) is 0 Å². The van der Waals surface area contributed by atoms with Crippen molar-refractivity contribution in [1.29, 1.82) is 0 Å². The molecule has 3 rings (SSSR count). The van der Waals surface area contributed by atoms with Gasteiger partial charge in [0.2, 0.25) is 15.9 Å². The number of phosphoric acid groups is 1. The first-order valence-electron chi connectivity index (χ1n) is 15.5. The number of benzene rings is 3. The van der Waals surface area contributed by atoms with Gasteiger partial charge in [-0.15, -0.1) is 0 Å². The average Bonchev–Trinajstić information content (AvgIpc) is 3.05. The van der Waals surface area contributed by atoms with Gasteiger partial charge in [0.05, 0.1) is 26.4 Å². The van der Waals surface area contributed by atoms with Crippen molar-refractivity contribution < 1.29 is 101 Å². The summed E-state index contributed by atoms with van der Waals surface area (Å²) in [7, 11) is -8.34. The summed E-state index contributed by atoms with van der Waals surface area (Å²) in [5.74, 6) is -1.17. The Morgan fingerprint density at radius 3 is 1.92 bits per heavy atom. The number of alkyl carbamates (subject to hydrolysis) is 1. The largest absolute Gasteiger partial charge is 1.00 e. The van der Waals surface area contributed by atoms with E-state index in [0.717, 1.165) is 15.4 Å². The van der Waals surface area contributed by atoms with E-state index in [4.69, 9.17) is 10.5 Å². The number of hydrogen-bond acceptors (Lipinski definition) is 10. The van der Waals surface area contributed by atoms with E-state index in [1.165, 1.54) is 31.4 Å². The third kappa shape index (κ3) is 14.7. The summed E-state index contributed by atoms with van der Waals surface area (Å²) < 4.78 is 49.4. The van der Waals surface area contributed by atoms with Gasteiger partial charge in [0.15, 0.2) is 0 Å². The maximum absolute atomic E-state index is 13.7. The Morgan fingerprint density at radius 1 is 0.900 bits per heavy atom. The first kappa shape index (κ1) is 46.2. The molecule has 3 aromatic carbocycles. The number of nitrogens with two attached hydrogens (primary N) is 1. The predicted octanol–water partition coefficient (Wildman–Crippen LogP) is -3.02. The molecule has 0 spiro atoms. The van der Waals surface area contributed by atoms with Crippen LogP contribution in [0.3, 0.4) is 0 Å². The molecule has 0 fully saturated rings. The Bertz CT molecular complexity index is 1580. The molecule has 17 heteroatoms. The fraction of sp³-hybridized carbons (Fsp3) is 0.394. The maximum Gasteiger partial charge on any atom is 1.00 e. The number of anilines is 1. The second-order valence-corrected chi connectivity index (χ2v) is 14.7. The number of amides is 2. The van der Waals surface area contributed by atoms with Crippen LogP contribution in [0.4, 0.5) is 10.5 Å². The molecule has 50 heavy (non-hydrogen) atoms. The summed E-state index contributed by atoms with van der Waals surface area (Å²) in [5, 5.41) is 5.52. The van der Waals surface area contributed by atoms with Gasteiger partial charge in [-0.25, -0.2) is 13.2 Å². The zero-order valence-electron chi connectivity index (χ0n) is 29.2. The molecule has 0 heterocycles. The molecular formula is C33H43N4Na2O9PS. The van der Waals surface area contributed by atoms with Crippen molar-refractivity contribution >= 4 is 35.5 Å². The van der Waals surface area contributed by atoms with Crippen molar-refractivity contribution in [3.63, 3.8) is 0 Å². The van der Waals surface area contributed by atoms with E-state index in [1.807, 2.05) is 74.5 Å². The topological polar surface area (TPSA) is 203 Å². The SMILES string of the molecule is COC(=O)N[C@H](C(=O)NCCCC[C@@H](COP(=O)([O-])[O-])N(CC(C)C)S(=O)(=O)c1ccc(N)cc1)C(c1ccccc1)c1ccccc1.[Na+].[Na+]. The molecule has 0 saturated heterocycles. The smallest absolute Gasteiger partial charge is 0.790 e. The molecule has 0 aliphatic heterocycles. The summed E-state index contributed by atoms with van der Waals surface area (Å²) in [5.41, 5.74) is 7.70. The minimum atomic E-state index is -5.41. The van der Waals surface area contributed by atoms with E-state index in [9.17, 15) is 32.4 Å². The molecular weight excluding hydrogens is 705 g/mol. The van der Waals surface area contributed by atoms with E-state index < -0.39 is 54.5 Å². The summed E-state index contributed by atoms with van der Waals surface area (Å²) in [6.45, 7) is 3.13. The number of nitrogens with one attached hydrogen (secondary N) is 2. The van der Waals surface area contributed by atoms with Gasteiger partial charge in [-0.1, -0.05) is 80.9 Å². The number of unbranched alkanes of at least 4 members (excludes halogenated alkanes) is 1. The Morgan fingerprint density at radius 2 is 1.44 bits per heavy atom. The molecule has 3 aromatic rings. The number of methoxy groups -OCH3 is 1. The van der Waals surface area contributed by atoms with Crippen LogP contribution in [0.25, 0.3) is 0 Å². The summed E-state index contributed by atoms with van der Waals surface area (Å²) in [4.78, 5) is 48.7. The monoisotopic (exact) mass is 748 g/mol. The Kier molecular flexibility index (Phi) is 20.6. The van der Waals surface area contributed by atoms with E-state index in [1.54, 1.807) is 0 Å². The molecule has 0 aliphatic carbocycles. The fourth-order valence-electron chi connectivity index (χ4n) is 5.28. The van der Waals surface area contributed by atoms with Crippen LogP contribution in [0, 0.1) is 5.92 Å². The number of nitrogen functional groups attached to an aromatic ring is 1. The molecule has 2 atom stereocenters. The van der Waals surface area contributed by atoms with Gasteiger partial charge in [-0.2, -0.15) is 4.31 Å². The van der Waals surface area contributed by atoms with Crippen LogP contribution < -0.4 is 85.3 Å². The quantitative estimate of drug-likeness (QED) is 0.0520. The van der Waals surface area contributed by atoms with Crippen LogP contribution >= 0.6 is 7.82 Å². The molecule has 0 bridgehead atoms. The zero-order chi connectivity index (χ0) is 35.3. The predicted molar refractivity (Wildman–Crippen MR) is 178 cm³/mol. The van der Waals surface area contributed by atoms with Crippen molar-refractivity contribution in [3.8, 4) is 0 Å². The summed E-state index contributed by atoms with van der Waals surface area (Å²) >= 11 is 0. The van der Waals surface area contributed by atoms with Gasteiger partial charge in [0.25, 0.3) is 0 Å². The molecule has 0 unspecified atom stereocenters. The first-order chi connectivity index (χ1) is 22.7. The van der Waals surface area contributed by atoms with E-state index >= 15 is 0 Å². The van der Waals surface area contributed by atoms with Crippen LogP contribution in [0.15, 0.2) is 89.8 Å². The molecule has 0 aromatic heterocycles. The van der Waals surface area contributed by atoms with Gasteiger partial charge >= 0.3 is 65.2 Å². The van der Waals surface area contributed by atoms with Crippen molar-refractivity contribution in [2.24, 2.45) is 5.92 Å². The summed E-state index contributed by atoms with van der Waals surface area (Å²) in [6, 6.07) is 22.1. The van der Waals surface area contributed by atoms with Crippen molar-refractivity contribution in [2.45, 2.75) is 56.0 Å². The van der Waals surface area contributed by atoms with Gasteiger partial charge in [0, 0.05) is 30.7 Å². The molecule has 0 saturated carbocycles. The van der Waals surface area contributed by atoms with Crippen molar-refractivity contribution in [2.75, 3.05) is 32.5 Å². The molecule has 0 aliphatic rings. The second-order valence-electron chi connectivity index (χ2n) is 11.6. The van der Waals surface area contributed by atoms with Crippen molar-refractivity contribution in [3.05, 3.63) is 96.1 Å². The third-order valence-electron chi connectivity index (χ3n) is 7.52. The zero-order valence-corrected chi connectivity index (χ0v) is 34.9. The minimum Gasteiger partial charge on any atom is -0.790 e. The Balaban J connectivity index is 0.00000625. The molecule has 2 amide bonds. The van der Waals surface area contributed by atoms with Crippen LogP contribution in [0.2, 0.25) is 0 Å². The Labute approximate surface area is 338 Å². The first-order valence-corrected chi connectivity index (χ1v) is 18.4. The number of sulfonamides is 1. The number of nitrogens with zero attached hydrogens (tertiary/aromatic N) is 1. The number of phosphoric ester groups is 1. The maximum atomic E-state index is 13.7. The third-order valence-corrected chi connectivity index (χ3v) is 9.92. The summed E-state index contributed by atoms with van der Waals surface area (Å²) in [6.07, 6.45) is 0.0322. The van der Waals surface area contributed by atoms with Gasteiger partial charge in [0.1, 0.15) is 6.04 Å². The number of ether oxygens (including phenoxy) is 1. The average molecular weight is 749 g/mol. The van der Waals surface area contributed by atoms with Crippen molar-refractivity contribution in [1.82, 2.24) is 14.9 Å². The molecule has 4 N–H and O–H groups in total. The van der Waals surface area contributed by atoms with E-state index in [0.29, 0.717) is 18.5 Å². The Hall–Kier alpha value is -1.78. The molecule has 0 radical (unpaired) electrons. The molecule has 262 valence electrons. The number of rotatable bonds is 18. The second kappa shape index (κ2) is 22.3. The van der Waals surface area contributed by atoms with Gasteiger partial charge < -0.3 is 40.0 Å². The standard InChI is InChI=1S/C33H45N4O9PS.2Na/c1-24(2)22-37(48(43,44)29-19-17-27(34)18-20-29)28(23-46-47(40,41)42)16-10-11-21-35-32(38)31(36-33(39)45-3)30(25-12-6-4-7-13-25)26-14-8-5-9-15-26;;/h4-9,12-15,17-20,24,28,30-31H,10-11,16,21-23,34H2,1-3H3,(H,35,38)(H,36,39)(H2,40,41,42);;/q;2*+1/p-2/t28-,31-;;/m0../s1. The fourth-order valence-corrected chi connectivity index (χ4v) is 7.44. The van der Waals surface area contributed by atoms with Crippen LogP contribution in [0.1, 0.15) is 50.2 Å². The minimum absolute atomic E-state index is 0. The number of carbonyl (C=O) groups excluding carboxylic acids is 2. The normalized spacial score (nSPS) is 12.8. The van der Waals surface area contributed by atoms with E-state index in [2.05, 4.69) is 15.2 Å². The van der Waals surface area contributed by atoms with Crippen LogP contribution in [-0.2, 0) is 28.6 Å².